The van der Waals surface area contributed by atoms with Gasteiger partial charge in [0.25, 0.3) is 5.91 Å². The molecular formula is C21H28N4O3S. The Hall–Kier alpha value is -2.26. The Morgan fingerprint density at radius 2 is 1.62 bits per heavy atom. The van der Waals surface area contributed by atoms with Crippen molar-refractivity contribution in [1.29, 1.82) is 0 Å². The predicted molar refractivity (Wildman–Crippen MR) is 113 cm³/mol. The van der Waals surface area contributed by atoms with Crippen molar-refractivity contribution in [2.45, 2.75) is 10.9 Å². The van der Waals surface area contributed by atoms with Crippen LogP contribution in [0.3, 0.4) is 0 Å². The van der Waals surface area contributed by atoms with Crippen LogP contribution in [0.4, 0.5) is 0 Å². The maximum Gasteiger partial charge on any atom is 0.251 e. The van der Waals surface area contributed by atoms with Crippen LogP contribution in [0.15, 0.2) is 59.5 Å². The molecule has 8 heteroatoms. The van der Waals surface area contributed by atoms with E-state index in [0.717, 1.165) is 38.3 Å². The summed E-state index contributed by atoms with van der Waals surface area (Å²) in [6, 6.07) is 15.7. The zero-order valence-electron chi connectivity index (χ0n) is 16.8. The van der Waals surface area contributed by atoms with Gasteiger partial charge in [-0.2, -0.15) is 0 Å². The molecule has 2 aromatic rings. The summed E-state index contributed by atoms with van der Waals surface area (Å²) in [7, 11) is -0.0461. The number of rotatable bonds is 7. The highest BCUT2D eigenvalue weighted by Gasteiger charge is 2.22. The monoisotopic (exact) mass is 416 g/mol. The molecule has 2 aromatic carbocycles. The molecule has 1 aliphatic heterocycles. The predicted octanol–water partition coefficient (Wildman–Crippen LogP) is 1.31. The van der Waals surface area contributed by atoms with Crippen molar-refractivity contribution in [2.75, 3.05) is 46.8 Å². The van der Waals surface area contributed by atoms with E-state index in [9.17, 15) is 13.2 Å². The van der Waals surface area contributed by atoms with Gasteiger partial charge in [0.05, 0.1) is 10.9 Å². The molecule has 0 spiro atoms. The van der Waals surface area contributed by atoms with Crippen molar-refractivity contribution in [3.05, 3.63) is 65.7 Å². The quantitative estimate of drug-likeness (QED) is 0.711. The molecule has 0 aromatic heterocycles. The van der Waals surface area contributed by atoms with Gasteiger partial charge in [0.15, 0.2) is 0 Å². The normalized spacial score (nSPS) is 17.0. The molecule has 29 heavy (non-hydrogen) atoms. The molecule has 0 aliphatic carbocycles. The van der Waals surface area contributed by atoms with Crippen LogP contribution in [0.1, 0.15) is 22.0 Å². The summed E-state index contributed by atoms with van der Waals surface area (Å²) in [6.07, 6.45) is 0. The van der Waals surface area contributed by atoms with Crippen LogP contribution in [0.2, 0.25) is 0 Å². The maximum atomic E-state index is 12.8. The molecule has 0 bridgehead atoms. The van der Waals surface area contributed by atoms with Gasteiger partial charge in [0.1, 0.15) is 0 Å². The lowest BCUT2D eigenvalue weighted by Crippen LogP contribution is -2.47. The fourth-order valence-corrected chi connectivity index (χ4v) is 4.08. The van der Waals surface area contributed by atoms with Crippen LogP contribution >= 0.6 is 0 Å². The van der Waals surface area contributed by atoms with E-state index in [1.54, 1.807) is 0 Å². The molecule has 1 heterocycles. The fourth-order valence-electron chi connectivity index (χ4n) is 3.35. The molecule has 1 saturated heterocycles. The Morgan fingerprint density at radius 3 is 2.21 bits per heavy atom. The molecule has 1 atom stereocenters. The summed E-state index contributed by atoms with van der Waals surface area (Å²) >= 11 is 0. The zero-order valence-corrected chi connectivity index (χ0v) is 17.7. The smallest absolute Gasteiger partial charge is 0.251 e. The molecular weight excluding hydrogens is 388 g/mol. The van der Waals surface area contributed by atoms with E-state index >= 15 is 0 Å². The third-order valence-electron chi connectivity index (χ3n) is 5.24. The first-order chi connectivity index (χ1) is 13.9. The van der Waals surface area contributed by atoms with E-state index in [0.29, 0.717) is 5.56 Å². The number of carbonyl (C=O) groups is 1. The minimum Gasteiger partial charge on any atom is -0.344 e. The van der Waals surface area contributed by atoms with Crippen molar-refractivity contribution in [1.82, 2.24) is 19.8 Å². The van der Waals surface area contributed by atoms with Gasteiger partial charge in [-0.15, -0.1) is 0 Å². The number of piperazine rings is 1. The van der Waals surface area contributed by atoms with Gasteiger partial charge in [-0.05, 0) is 43.9 Å². The first kappa shape index (κ1) is 21.4. The zero-order chi connectivity index (χ0) is 20.9. The molecule has 156 valence electrons. The average Bonchev–Trinajstić information content (AvgIpc) is 2.75. The molecule has 1 unspecified atom stereocenters. The van der Waals surface area contributed by atoms with Gasteiger partial charge in [0.2, 0.25) is 10.0 Å². The number of likely N-dealkylation sites (N-methyl/N-ethyl adjacent to an activating group) is 1. The number of amides is 1. The highest BCUT2D eigenvalue weighted by molar-refractivity contribution is 7.89. The Labute approximate surface area is 172 Å². The number of hydrogen-bond donors (Lipinski definition) is 2. The highest BCUT2D eigenvalue weighted by Crippen LogP contribution is 2.17. The third-order valence-corrected chi connectivity index (χ3v) is 6.67. The van der Waals surface area contributed by atoms with Gasteiger partial charge in [0, 0.05) is 38.3 Å². The van der Waals surface area contributed by atoms with Gasteiger partial charge < -0.3 is 10.2 Å². The Balaban J connectivity index is 1.74. The van der Waals surface area contributed by atoms with E-state index in [-0.39, 0.29) is 16.8 Å². The molecule has 0 saturated carbocycles. The first-order valence-electron chi connectivity index (χ1n) is 9.69. The Morgan fingerprint density at radius 1 is 1.00 bits per heavy atom. The van der Waals surface area contributed by atoms with Crippen LogP contribution in [0.25, 0.3) is 0 Å². The molecule has 2 N–H and O–H groups in total. The summed E-state index contributed by atoms with van der Waals surface area (Å²) < 4.78 is 26.0. The molecule has 0 radical (unpaired) electrons. The van der Waals surface area contributed by atoms with E-state index in [4.69, 9.17) is 0 Å². The van der Waals surface area contributed by atoms with Crippen molar-refractivity contribution >= 4 is 15.9 Å². The fraction of sp³-hybridized carbons (Fsp3) is 0.381. The number of hydrogen-bond acceptors (Lipinski definition) is 5. The minimum atomic E-state index is -3.52. The van der Waals surface area contributed by atoms with Crippen LogP contribution in [0.5, 0.6) is 0 Å². The van der Waals surface area contributed by atoms with E-state index < -0.39 is 10.0 Å². The number of carbonyl (C=O) groups excluding carboxylic acids is 1. The number of sulfonamides is 1. The summed E-state index contributed by atoms with van der Waals surface area (Å²) in [4.78, 5) is 17.6. The molecule has 1 fully saturated rings. The number of nitrogens with one attached hydrogen (secondary N) is 2. The van der Waals surface area contributed by atoms with E-state index in [2.05, 4.69) is 26.9 Å². The van der Waals surface area contributed by atoms with Crippen molar-refractivity contribution in [2.24, 2.45) is 0 Å². The summed E-state index contributed by atoms with van der Waals surface area (Å²) in [5.41, 5.74) is 1.48. The molecule has 3 rings (SSSR count). The summed E-state index contributed by atoms with van der Waals surface area (Å²) in [6.45, 7) is 4.68. The lowest BCUT2D eigenvalue weighted by molar-refractivity contribution is 0.0907. The Bertz CT molecular complexity index is 909. The van der Waals surface area contributed by atoms with E-state index in [1.165, 1.54) is 31.3 Å². The summed E-state index contributed by atoms with van der Waals surface area (Å²) in [5.74, 6) is -0.221. The maximum absolute atomic E-state index is 12.8. The Kier molecular flexibility index (Phi) is 7.02. The van der Waals surface area contributed by atoms with Crippen LogP contribution in [-0.4, -0.2) is 70.9 Å². The van der Waals surface area contributed by atoms with Crippen molar-refractivity contribution in [3.63, 3.8) is 0 Å². The summed E-state index contributed by atoms with van der Waals surface area (Å²) in [5, 5.41) is 3.12. The standard InChI is InChI=1S/C21H28N4O3S/c1-22-29(27,28)19-10-8-18(9-11-19)21(26)23-20(17-6-4-3-5-7-17)16-25-14-12-24(2)13-15-25/h3-11,20,22H,12-16H2,1-2H3,(H,23,26). The van der Waals surface area contributed by atoms with Gasteiger partial charge in [-0.3, -0.25) is 9.69 Å². The van der Waals surface area contributed by atoms with Gasteiger partial charge in [-0.25, -0.2) is 13.1 Å². The second kappa shape index (κ2) is 9.49. The van der Waals surface area contributed by atoms with Gasteiger partial charge in [-0.1, -0.05) is 30.3 Å². The van der Waals surface area contributed by atoms with Crippen molar-refractivity contribution in [3.8, 4) is 0 Å². The lowest BCUT2D eigenvalue weighted by Gasteiger charge is -2.35. The topological polar surface area (TPSA) is 81.7 Å². The third kappa shape index (κ3) is 5.63. The van der Waals surface area contributed by atoms with Crippen molar-refractivity contribution < 1.29 is 13.2 Å². The lowest BCUT2D eigenvalue weighted by atomic mass is 10.0. The number of benzene rings is 2. The van der Waals surface area contributed by atoms with Crippen LogP contribution in [-0.2, 0) is 10.0 Å². The number of nitrogens with zero attached hydrogens (tertiary/aromatic N) is 2. The molecule has 1 amide bonds. The highest BCUT2D eigenvalue weighted by atomic mass is 32.2. The molecule has 1 aliphatic rings. The average molecular weight is 417 g/mol. The second-order valence-electron chi connectivity index (χ2n) is 7.27. The molecule has 7 nitrogen and oxygen atoms in total. The SMILES string of the molecule is CNS(=O)(=O)c1ccc(C(=O)NC(CN2CCN(C)CC2)c2ccccc2)cc1. The van der Waals surface area contributed by atoms with Gasteiger partial charge >= 0.3 is 0 Å². The second-order valence-corrected chi connectivity index (χ2v) is 9.16. The van der Waals surface area contributed by atoms with Crippen LogP contribution in [0, 0.1) is 0 Å². The van der Waals surface area contributed by atoms with E-state index in [1.807, 2.05) is 30.3 Å². The minimum absolute atomic E-state index is 0.133. The largest absolute Gasteiger partial charge is 0.344 e. The van der Waals surface area contributed by atoms with Crippen LogP contribution < -0.4 is 10.0 Å². The first-order valence-corrected chi connectivity index (χ1v) is 11.2.